The van der Waals surface area contributed by atoms with E-state index in [-0.39, 0.29) is 5.82 Å². The van der Waals surface area contributed by atoms with Gasteiger partial charge in [-0.1, -0.05) is 6.07 Å². The maximum Gasteiger partial charge on any atom is 0.123 e. The van der Waals surface area contributed by atoms with Crippen molar-refractivity contribution in [2.45, 2.75) is 38.6 Å². The molecule has 108 valence electrons. The Balaban J connectivity index is 1.51. The topological polar surface area (TPSA) is 12.0 Å². The van der Waals surface area contributed by atoms with Gasteiger partial charge in [0.25, 0.3) is 0 Å². The van der Waals surface area contributed by atoms with E-state index in [0.717, 1.165) is 36.0 Å². The first-order valence-corrected chi connectivity index (χ1v) is 8.11. The molecule has 2 heteroatoms. The van der Waals surface area contributed by atoms with Crippen molar-refractivity contribution >= 4 is 0 Å². The van der Waals surface area contributed by atoms with Crippen LogP contribution in [-0.2, 0) is 6.42 Å². The molecule has 2 bridgehead atoms. The molecule has 0 saturated heterocycles. The molecule has 4 rings (SSSR count). The number of aryl methyl sites for hydroxylation is 1. The van der Waals surface area contributed by atoms with Gasteiger partial charge in [-0.05, 0) is 92.5 Å². The molecule has 20 heavy (non-hydrogen) atoms. The van der Waals surface area contributed by atoms with Crippen LogP contribution in [-0.4, -0.2) is 13.1 Å². The van der Waals surface area contributed by atoms with Crippen LogP contribution in [0.2, 0.25) is 0 Å². The van der Waals surface area contributed by atoms with Gasteiger partial charge in [-0.15, -0.1) is 0 Å². The highest BCUT2D eigenvalue weighted by Crippen LogP contribution is 2.70. The van der Waals surface area contributed by atoms with Crippen LogP contribution in [0.15, 0.2) is 18.2 Å². The van der Waals surface area contributed by atoms with Crippen molar-refractivity contribution in [1.82, 2.24) is 5.32 Å². The van der Waals surface area contributed by atoms with Crippen molar-refractivity contribution in [2.75, 3.05) is 7.05 Å². The van der Waals surface area contributed by atoms with E-state index in [9.17, 15) is 4.39 Å². The maximum absolute atomic E-state index is 13.5. The predicted octanol–water partition coefficient (Wildman–Crippen LogP) is 3.56. The molecule has 3 aliphatic rings. The number of rotatable bonds is 4. The Morgan fingerprint density at radius 2 is 1.95 bits per heavy atom. The van der Waals surface area contributed by atoms with Gasteiger partial charge in [0.2, 0.25) is 0 Å². The predicted molar refractivity (Wildman–Crippen MR) is 79.0 cm³/mol. The Hall–Kier alpha value is -0.890. The molecule has 1 aromatic carbocycles. The van der Waals surface area contributed by atoms with Crippen LogP contribution in [0.1, 0.15) is 30.4 Å². The molecule has 0 heterocycles. The van der Waals surface area contributed by atoms with E-state index in [1.165, 1.54) is 30.4 Å². The number of hydrogen-bond donors (Lipinski definition) is 1. The standard InChI is InChI=1S/C18H24FN/c1-10-3-6-14(19)8-13(10)9-15(20-2)18-16-11-4-5-12(7-11)17(16)18/h3,6,8,11-12,15-18,20H,4-5,7,9H2,1-2H3. The summed E-state index contributed by atoms with van der Waals surface area (Å²) in [6.07, 6.45) is 5.42. The van der Waals surface area contributed by atoms with E-state index in [1.807, 2.05) is 6.07 Å². The lowest BCUT2D eigenvalue weighted by atomic mass is 9.92. The summed E-state index contributed by atoms with van der Waals surface area (Å²) in [4.78, 5) is 0. The molecule has 5 unspecified atom stereocenters. The van der Waals surface area contributed by atoms with Gasteiger partial charge in [0.05, 0.1) is 0 Å². The van der Waals surface area contributed by atoms with Gasteiger partial charge >= 0.3 is 0 Å². The Morgan fingerprint density at radius 1 is 1.25 bits per heavy atom. The first kappa shape index (κ1) is 12.8. The van der Waals surface area contributed by atoms with Crippen LogP contribution in [0.3, 0.4) is 0 Å². The fraction of sp³-hybridized carbons (Fsp3) is 0.667. The monoisotopic (exact) mass is 273 g/mol. The van der Waals surface area contributed by atoms with Crippen LogP contribution in [0.25, 0.3) is 0 Å². The van der Waals surface area contributed by atoms with E-state index in [4.69, 9.17) is 0 Å². The molecule has 1 aromatic rings. The third-order valence-electron chi connectivity index (χ3n) is 6.38. The third kappa shape index (κ3) is 1.84. The molecule has 0 aliphatic heterocycles. The van der Waals surface area contributed by atoms with Crippen LogP contribution in [0, 0.1) is 42.3 Å². The molecule has 5 atom stereocenters. The summed E-state index contributed by atoms with van der Waals surface area (Å²) in [6.45, 7) is 2.10. The number of nitrogens with one attached hydrogen (secondary N) is 1. The van der Waals surface area contributed by atoms with Crippen molar-refractivity contribution in [3.8, 4) is 0 Å². The number of halogens is 1. The number of hydrogen-bond acceptors (Lipinski definition) is 1. The largest absolute Gasteiger partial charge is 0.316 e. The quantitative estimate of drug-likeness (QED) is 0.884. The fourth-order valence-electron chi connectivity index (χ4n) is 5.46. The second kappa shape index (κ2) is 4.56. The van der Waals surface area contributed by atoms with Gasteiger partial charge in [0.1, 0.15) is 5.82 Å². The van der Waals surface area contributed by atoms with Crippen LogP contribution in [0.5, 0.6) is 0 Å². The molecule has 0 radical (unpaired) electrons. The Bertz CT molecular complexity index is 510. The highest BCUT2D eigenvalue weighted by atomic mass is 19.1. The second-order valence-electron chi connectivity index (χ2n) is 7.24. The highest BCUT2D eigenvalue weighted by molar-refractivity contribution is 5.28. The summed E-state index contributed by atoms with van der Waals surface area (Å²) in [6, 6.07) is 5.74. The normalized spacial score (nSPS) is 38.9. The Kier molecular flexibility index (Phi) is 2.92. The number of benzene rings is 1. The lowest BCUT2D eigenvalue weighted by Gasteiger charge is -2.21. The minimum Gasteiger partial charge on any atom is -0.316 e. The summed E-state index contributed by atoms with van der Waals surface area (Å²) in [7, 11) is 2.08. The smallest absolute Gasteiger partial charge is 0.123 e. The summed E-state index contributed by atoms with van der Waals surface area (Å²) in [5.74, 6) is 4.75. The van der Waals surface area contributed by atoms with E-state index in [1.54, 1.807) is 12.1 Å². The van der Waals surface area contributed by atoms with Gasteiger partial charge in [-0.3, -0.25) is 0 Å². The average molecular weight is 273 g/mol. The van der Waals surface area contributed by atoms with E-state index in [0.29, 0.717) is 6.04 Å². The zero-order valence-electron chi connectivity index (χ0n) is 12.4. The molecular weight excluding hydrogens is 249 g/mol. The molecule has 0 amide bonds. The van der Waals surface area contributed by atoms with Crippen molar-refractivity contribution < 1.29 is 4.39 Å². The van der Waals surface area contributed by atoms with Crippen molar-refractivity contribution in [3.05, 3.63) is 35.1 Å². The molecular formula is C18H24FN. The fourth-order valence-corrected chi connectivity index (χ4v) is 5.46. The van der Waals surface area contributed by atoms with E-state index < -0.39 is 0 Å². The molecule has 1 N–H and O–H groups in total. The Morgan fingerprint density at radius 3 is 2.60 bits per heavy atom. The van der Waals surface area contributed by atoms with Crippen molar-refractivity contribution in [1.29, 1.82) is 0 Å². The minimum absolute atomic E-state index is 0.100. The van der Waals surface area contributed by atoms with Crippen molar-refractivity contribution in [3.63, 3.8) is 0 Å². The second-order valence-corrected chi connectivity index (χ2v) is 7.24. The average Bonchev–Trinajstić information content (AvgIpc) is 2.87. The zero-order chi connectivity index (χ0) is 13.9. The zero-order valence-corrected chi connectivity index (χ0v) is 12.4. The molecule has 3 aliphatic carbocycles. The van der Waals surface area contributed by atoms with Crippen molar-refractivity contribution in [2.24, 2.45) is 29.6 Å². The molecule has 1 nitrogen and oxygen atoms in total. The maximum atomic E-state index is 13.5. The number of fused-ring (bicyclic) bond motifs is 5. The third-order valence-corrected chi connectivity index (χ3v) is 6.38. The van der Waals surface area contributed by atoms with Crippen LogP contribution < -0.4 is 5.32 Å². The van der Waals surface area contributed by atoms with Crippen LogP contribution in [0.4, 0.5) is 4.39 Å². The lowest BCUT2D eigenvalue weighted by molar-refractivity contribution is 0.376. The van der Waals surface area contributed by atoms with Gasteiger partial charge in [0, 0.05) is 6.04 Å². The minimum atomic E-state index is -0.100. The molecule has 3 saturated carbocycles. The van der Waals surface area contributed by atoms with E-state index >= 15 is 0 Å². The SMILES string of the molecule is CNC(Cc1cc(F)ccc1C)C1C2C3CCC(C3)C21. The summed E-state index contributed by atoms with van der Waals surface area (Å²) < 4.78 is 13.5. The van der Waals surface area contributed by atoms with Gasteiger partial charge < -0.3 is 5.32 Å². The summed E-state index contributed by atoms with van der Waals surface area (Å²) >= 11 is 0. The first-order chi connectivity index (χ1) is 9.69. The van der Waals surface area contributed by atoms with E-state index in [2.05, 4.69) is 19.3 Å². The highest BCUT2D eigenvalue weighted by Gasteiger charge is 2.66. The summed E-state index contributed by atoms with van der Waals surface area (Å²) in [5, 5.41) is 3.53. The number of likely N-dealkylation sites (N-methyl/N-ethyl adjacent to an activating group) is 1. The first-order valence-electron chi connectivity index (χ1n) is 8.11. The van der Waals surface area contributed by atoms with Gasteiger partial charge in [-0.25, -0.2) is 4.39 Å². The Labute approximate surface area is 121 Å². The lowest BCUT2D eigenvalue weighted by Crippen LogP contribution is -2.32. The van der Waals surface area contributed by atoms with Crippen LogP contribution >= 0.6 is 0 Å². The molecule has 3 fully saturated rings. The molecule has 0 aromatic heterocycles. The molecule has 0 spiro atoms. The van der Waals surface area contributed by atoms with Gasteiger partial charge in [-0.2, -0.15) is 0 Å². The van der Waals surface area contributed by atoms with Gasteiger partial charge in [0.15, 0.2) is 0 Å². The summed E-state index contributed by atoms with van der Waals surface area (Å²) in [5.41, 5.74) is 2.40.